The van der Waals surface area contributed by atoms with Crippen molar-refractivity contribution in [3.8, 4) is 0 Å². The first-order chi connectivity index (χ1) is 17.6. The smallest absolute Gasteiger partial charge is 0.404 e. The van der Waals surface area contributed by atoms with Gasteiger partial charge >= 0.3 is 6.09 Å². The molecule has 0 bridgehead atoms. The molecular formula is C26H33N5O6. The lowest BCUT2D eigenvalue weighted by Crippen LogP contribution is -2.25. The van der Waals surface area contributed by atoms with Crippen molar-refractivity contribution in [1.82, 2.24) is 9.55 Å². The van der Waals surface area contributed by atoms with Gasteiger partial charge in [-0.15, -0.1) is 0 Å². The van der Waals surface area contributed by atoms with E-state index >= 15 is 0 Å². The van der Waals surface area contributed by atoms with Crippen LogP contribution in [-0.4, -0.2) is 34.6 Å². The maximum atomic E-state index is 12.8. The summed E-state index contributed by atoms with van der Waals surface area (Å²) in [6.45, 7) is 4.46. The summed E-state index contributed by atoms with van der Waals surface area (Å²) in [6, 6.07) is 9.14. The molecular weight excluding hydrogens is 478 g/mol. The number of oxazole rings is 1. The molecule has 0 fully saturated rings. The lowest BCUT2D eigenvalue weighted by atomic mass is 10.0. The van der Waals surface area contributed by atoms with Gasteiger partial charge in [-0.2, -0.15) is 0 Å². The second kappa shape index (κ2) is 14.2. The Morgan fingerprint density at radius 3 is 2.57 bits per heavy atom. The maximum absolute atomic E-state index is 12.8. The quantitative estimate of drug-likeness (QED) is 0.277. The van der Waals surface area contributed by atoms with Crippen LogP contribution >= 0.6 is 0 Å². The molecule has 1 aromatic carbocycles. The van der Waals surface area contributed by atoms with Gasteiger partial charge in [0.15, 0.2) is 5.58 Å². The van der Waals surface area contributed by atoms with Crippen molar-refractivity contribution < 1.29 is 23.5 Å². The molecule has 11 heteroatoms. The number of fused-ring (bicyclic) bond motifs is 1. The number of amides is 3. The largest absolute Gasteiger partial charge is 0.453 e. The number of pyridine rings is 1. The van der Waals surface area contributed by atoms with Gasteiger partial charge in [-0.05, 0) is 55.0 Å². The van der Waals surface area contributed by atoms with E-state index in [1.54, 1.807) is 24.4 Å². The number of allylic oxidation sites excluding steroid dienone is 1. The van der Waals surface area contributed by atoms with Gasteiger partial charge in [0, 0.05) is 12.6 Å². The van der Waals surface area contributed by atoms with E-state index in [0.29, 0.717) is 24.7 Å². The lowest BCUT2D eigenvalue weighted by molar-refractivity contribution is -0.116. The predicted octanol–water partition coefficient (Wildman–Crippen LogP) is 3.10. The zero-order chi connectivity index (χ0) is 27.4. The third-order valence-corrected chi connectivity index (χ3v) is 5.03. The lowest BCUT2D eigenvalue weighted by Gasteiger charge is -2.08. The number of benzene rings is 1. The van der Waals surface area contributed by atoms with E-state index in [4.69, 9.17) is 10.2 Å². The minimum absolute atomic E-state index is 0.163. The Morgan fingerprint density at radius 1 is 1.19 bits per heavy atom. The highest BCUT2D eigenvalue weighted by Crippen LogP contribution is 2.23. The highest BCUT2D eigenvalue weighted by Gasteiger charge is 2.13. The summed E-state index contributed by atoms with van der Waals surface area (Å²) in [5.41, 5.74) is 11.9. The maximum Gasteiger partial charge on any atom is 0.404 e. The summed E-state index contributed by atoms with van der Waals surface area (Å²) in [4.78, 5) is 49.5. The Kier molecular flexibility index (Phi) is 11.1. The number of carbonyl (C=O) groups is 3. The molecule has 3 amide bonds. The van der Waals surface area contributed by atoms with Crippen LogP contribution in [0.5, 0.6) is 0 Å². The minimum atomic E-state index is -0.745. The standard InChI is InChI=1S/C24H28N4O4.C2H5NO2/c1-16(2)14-17-8-6-9-18-23(17)32-22(27-18)15-28-13-7-10-19(24(28)31)26-21(30)12-5-3-4-11-20(25)29;1-5-2(3)4/h4,6-11,13,16H,3,5,12,14-15H2,1-2H3,(H2,25,29)(H,26,30);1H3,(H2,3,4)/b11-4+;. The molecule has 0 saturated carbocycles. The number of methoxy groups -OCH3 is 1. The fraction of sp³-hybridized carbons (Fsp3) is 0.346. The Balaban J connectivity index is 0.000000877. The number of hydrogen-bond donors (Lipinski definition) is 3. The van der Waals surface area contributed by atoms with Crippen molar-refractivity contribution in [3.63, 3.8) is 0 Å². The molecule has 0 atom stereocenters. The van der Waals surface area contributed by atoms with Gasteiger partial charge in [0.2, 0.25) is 17.7 Å². The Morgan fingerprint density at radius 2 is 1.92 bits per heavy atom. The molecule has 11 nitrogen and oxygen atoms in total. The van der Waals surface area contributed by atoms with Crippen LogP contribution in [0.1, 0.15) is 44.6 Å². The zero-order valence-electron chi connectivity index (χ0n) is 21.2. The fourth-order valence-corrected chi connectivity index (χ4v) is 3.42. The zero-order valence-corrected chi connectivity index (χ0v) is 21.2. The van der Waals surface area contributed by atoms with Gasteiger partial charge in [-0.3, -0.25) is 14.4 Å². The molecule has 0 aliphatic rings. The third-order valence-electron chi connectivity index (χ3n) is 5.03. The van der Waals surface area contributed by atoms with E-state index in [2.05, 4.69) is 34.6 Å². The second-order valence-corrected chi connectivity index (χ2v) is 8.59. The number of aromatic nitrogens is 2. The van der Waals surface area contributed by atoms with Crippen LogP contribution < -0.4 is 22.3 Å². The van der Waals surface area contributed by atoms with Crippen LogP contribution in [0.2, 0.25) is 0 Å². The van der Waals surface area contributed by atoms with E-state index in [-0.39, 0.29) is 30.1 Å². The van der Waals surface area contributed by atoms with Crippen LogP contribution in [0.15, 0.2) is 57.9 Å². The first-order valence-electron chi connectivity index (χ1n) is 11.8. The number of nitrogens with zero attached hydrogens (tertiary/aromatic N) is 2. The van der Waals surface area contributed by atoms with E-state index in [0.717, 1.165) is 23.1 Å². The molecule has 3 rings (SSSR count). The molecule has 3 aromatic rings. The van der Waals surface area contributed by atoms with Gasteiger partial charge < -0.3 is 30.5 Å². The van der Waals surface area contributed by atoms with Crippen molar-refractivity contribution in [1.29, 1.82) is 0 Å². The van der Waals surface area contributed by atoms with Crippen LogP contribution in [0.4, 0.5) is 10.5 Å². The summed E-state index contributed by atoms with van der Waals surface area (Å²) in [6.07, 6.45) is 5.97. The summed E-state index contributed by atoms with van der Waals surface area (Å²) in [5, 5.41) is 2.65. The average molecular weight is 512 g/mol. The highest BCUT2D eigenvalue weighted by atomic mass is 16.5. The van der Waals surface area contributed by atoms with Crippen LogP contribution in [-0.2, 0) is 27.3 Å². The van der Waals surface area contributed by atoms with Gasteiger partial charge in [-0.25, -0.2) is 9.78 Å². The first kappa shape index (κ1) is 28.8. The Bertz CT molecular complexity index is 1310. The number of nitrogens with one attached hydrogen (secondary N) is 1. The number of nitrogens with two attached hydrogens (primary N) is 2. The number of primary amides is 2. The summed E-state index contributed by atoms with van der Waals surface area (Å²) in [7, 11) is 1.22. The van der Waals surface area contributed by atoms with Crippen molar-refractivity contribution >= 4 is 34.7 Å². The monoisotopic (exact) mass is 511 g/mol. The van der Waals surface area contributed by atoms with Crippen molar-refractivity contribution in [2.24, 2.45) is 17.4 Å². The molecule has 198 valence electrons. The predicted molar refractivity (Wildman–Crippen MR) is 140 cm³/mol. The number of rotatable bonds is 10. The molecule has 0 aliphatic carbocycles. The molecule has 5 N–H and O–H groups in total. The van der Waals surface area contributed by atoms with Gasteiger partial charge in [0.25, 0.3) is 5.56 Å². The Hall–Kier alpha value is -4.41. The molecule has 2 aromatic heterocycles. The van der Waals surface area contributed by atoms with E-state index in [9.17, 15) is 19.2 Å². The fourth-order valence-electron chi connectivity index (χ4n) is 3.42. The Labute approximate surface area is 214 Å². The molecule has 2 heterocycles. The average Bonchev–Trinajstić information content (AvgIpc) is 3.25. The number of ether oxygens (including phenoxy) is 1. The van der Waals surface area contributed by atoms with Gasteiger partial charge in [0.1, 0.15) is 17.7 Å². The number of unbranched alkanes of at least 4 members (excludes halogenated alkanes) is 1. The molecule has 0 saturated heterocycles. The first-order valence-corrected chi connectivity index (χ1v) is 11.8. The molecule has 0 aliphatic heterocycles. The number of anilines is 1. The summed E-state index contributed by atoms with van der Waals surface area (Å²) < 4.78 is 11.3. The molecule has 0 radical (unpaired) electrons. The van der Waals surface area contributed by atoms with Gasteiger partial charge in [-0.1, -0.05) is 32.1 Å². The van der Waals surface area contributed by atoms with Crippen molar-refractivity contribution in [2.45, 2.75) is 46.1 Å². The van der Waals surface area contributed by atoms with Crippen LogP contribution in [0.25, 0.3) is 11.1 Å². The number of carbonyl (C=O) groups excluding carboxylic acids is 3. The van der Waals surface area contributed by atoms with Crippen LogP contribution in [0, 0.1) is 5.92 Å². The summed E-state index contributed by atoms with van der Waals surface area (Å²) >= 11 is 0. The minimum Gasteiger partial charge on any atom is -0.453 e. The number of hydrogen-bond acceptors (Lipinski definition) is 7. The van der Waals surface area contributed by atoms with E-state index in [1.807, 2.05) is 18.2 Å². The normalized spacial score (nSPS) is 10.8. The molecule has 0 spiro atoms. The highest BCUT2D eigenvalue weighted by molar-refractivity contribution is 5.90. The molecule has 0 unspecified atom stereocenters. The summed E-state index contributed by atoms with van der Waals surface area (Å²) in [5.74, 6) is 0.126. The topological polar surface area (TPSA) is 173 Å². The second-order valence-electron chi connectivity index (χ2n) is 8.59. The van der Waals surface area contributed by atoms with E-state index in [1.165, 1.54) is 17.8 Å². The van der Waals surface area contributed by atoms with Gasteiger partial charge in [0.05, 0.1) is 7.11 Å². The third kappa shape index (κ3) is 9.63. The van der Waals surface area contributed by atoms with Crippen molar-refractivity contribution in [2.75, 3.05) is 12.4 Å². The number of para-hydroxylation sites is 1. The van der Waals surface area contributed by atoms with Crippen LogP contribution in [0.3, 0.4) is 0 Å². The SMILES string of the molecule is CC(C)Cc1cccc2nc(Cn3cccc(NC(=O)CCC/C=C/C(N)=O)c3=O)oc12.COC(N)=O. The van der Waals surface area contributed by atoms with E-state index < -0.39 is 12.0 Å². The molecule has 37 heavy (non-hydrogen) atoms. The van der Waals surface area contributed by atoms with Crippen molar-refractivity contribution in [3.05, 3.63) is 70.5 Å².